The number of ketones is 1. The Morgan fingerprint density at radius 1 is 0.758 bits per heavy atom. The highest BCUT2D eigenvalue weighted by molar-refractivity contribution is 6.22. The van der Waals surface area contributed by atoms with Gasteiger partial charge in [0.05, 0.1) is 11.1 Å². The second kappa shape index (κ2) is 8.82. The average molecular weight is 441 g/mol. The third kappa shape index (κ3) is 4.20. The van der Waals surface area contributed by atoms with Crippen molar-refractivity contribution in [3.63, 3.8) is 0 Å². The summed E-state index contributed by atoms with van der Waals surface area (Å²) in [5, 5.41) is 0. The van der Waals surface area contributed by atoms with Crippen LogP contribution in [0.1, 0.15) is 60.8 Å². The Morgan fingerprint density at radius 3 is 1.76 bits per heavy atom. The van der Waals surface area contributed by atoms with E-state index in [9.17, 15) is 19.2 Å². The summed E-state index contributed by atoms with van der Waals surface area (Å²) in [6, 6.07) is 19.3. The van der Waals surface area contributed by atoms with Gasteiger partial charge in [-0.2, -0.15) is 0 Å². The van der Waals surface area contributed by atoms with E-state index in [4.69, 9.17) is 4.74 Å². The van der Waals surface area contributed by atoms with Gasteiger partial charge in [-0.05, 0) is 32.9 Å². The van der Waals surface area contributed by atoms with Gasteiger partial charge in [0.2, 0.25) is 5.78 Å². The van der Waals surface area contributed by atoms with Crippen molar-refractivity contribution in [2.24, 2.45) is 0 Å². The second-order valence-corrected chi connectivity index (χ2v) is 8.16. The molecule has 0 saturated heterocycles. The third-order valence-electron chi connectivity index (χ3n) is 5.74. The third-order valence-corrected chi connectivity index (χ3v) is 5.74. The molecule has 0 saturated carbocycles. The number of hydrogen-bond acceptors (Lipinski definition) is 5. The van der Waals surface area contributed by atoms with Gasteiger partial charge in [0, 0.05) is 11.1 Å². The number of rotatable bonds is 6. The van der Waals surface area contributed by atoms with Crippen LogP contribution in [0.4, 0.5) is 0 Å². The fraction of sp³-hybridized carbons (Fsp3) is 0.185. The molecule has 2 amide bonds. The molecule has 166 valence electrons. The molecule has 0 aliphatic carbocycles. The zero-order valence-electron chi connectivity index (χ0n) is 18.6. The van der Waals surface area contributed by atoms with E-state index < -0.39 is 29.9 Å². The van der Waals surface area contributed by atoms with Gasteiger partial charge in [-0.1, -0.05) is 71.8 Å². The molecule has 0 aromatic heterocycles. The lowest BCUT2D eigenvalue weighted by atomic mass is 9.98. The number of Topliss-reactive ketones (excluding diaryl/α,β-unsaturated/α-hetero) is 1. The van der Waals surface area contributed by atoms with Gasteiger partial charge in [-0.15, -0.1) is 0 Å². The molecule has 3 aromatic rings. The van der Waals surface area contributed by atoms with Gasteiger partial charge in [-0.3, -0.25) is 19.3 Å². The molecule has 0 radical (unpaired) electrons. The monoisotopic (exact) mass is 441 g/mol. The SMILES string of the molecule is Cc1ccc(C(=O)C(OC(=O)C(C)N2C(=O)c3ccccc3C2=O)c2ccc(C)cc2)cc1. The minimum atomic E-state index is -1.21. The molecular weight excluding hydrogens is 418 g/mol. The van der Waals surface area contributed by atoms with Crippen molar-refractivity contribution in [1.82, 2.24) is 4.90 Å². The summed E-state index contributed by atoms with van der Waals surface area (Å²) in [5.74, 6) is -2.34. The number of fused-ring (bicyclic) bond motifs is 1. The molecule has 2 unspecified atom stereocenters. The number of ether oxygens (including phenoxy) is 1. The maximum atomic E-state index is 13.3. The summed E-state index contributed by atoms with van der Waals surface area (Å²) in [7, 11) is 0. The minimum absolute atomic E-state index is 0.243. The van der Waals surface area contributed by atoms with Crippen molar-refractivity contribution in [2.45, 2.75) is 32.9 Å². The molecule has 6 nitrogen and oxygen atoms in total. The summed E-state index contributed by atoms with van der Waals surface area (Å²) in [6.07, 6.45) is -1.21. The number of imide groups is 1. The van der Waals surface area contributed by atoms with Crippen molar-refractivity contribution in [2.75, 3.05) is 0 Å². The molecule has 0 spiro atoms. The highest BCUT2D eigenvalue weighted by Crippen LogP contribution is 2.28. The van der Waals surface area contributed by atoms with Gasteiger partial charge in [0.1, 0.15) is 6.04 Å². The zero-order chi connectivity index (χ0) is 23.7. The fourth-order valence-electron chi connectivity index (χ4n) is 3.76. The summed E-state index contributed by atoms with van der Waals surface area (Å²) in [6.45, 7) is 5.25. The minimum Gasteiger partial charge on any atom is -0.447 e. The van der Waals surface area contributed by atoms with Crippen LogP contribution in [-0.4, -0.2) is 34.5 Å². The number of nitrogens with zero attached hydrogens (tertiary/aromatic N) is 1. The molecule has 33 heavy (non-hydrogen) atoms. The van der Waals surface area contributed by atoms with E-state index >= 15 is 0 Å². The van der Waals surface area contributed by atoms with Crippen molar-refractivity contribution >= 4 is 23.6 Å². The number of esters is 1. The quantitative estimate of drug-likeness (QED) is 0.321. The lowest BCUT2D eigenvalue weighted by Crippen LogP contribution is -2.44. The number of hydrogen-bond donors (Lipinski definition) is 0. The molecule has 2 atom stereocenters. The van der Waals surface area contributed by atoms with Crippen LogP contribution in [0.5, 0.6) is 0 Å². The standard InChI is InChI=1S/C27H23NO5/c1-16-8-12-19(13-9-16)23(29)24(20-14-10-17(2)11-15-20)33-27(32)18(3)28-25(30)21-6-4-5-7-22(21)26(28)31/h4-15,18,24H,1-3H3. The summed E-state index contributed by atoms with van der Waals surface area (Å²) in [5.41, 5.74) is 3.38. The fourth-order valence-corrected chi connectivity index (χ4v) is 3.76. The number of amides is 2. The van der Waals surface area contributed by atoms with Crippen LogP contribution >= 0.6 is 0 Å². The molecule has 6 heteroatoms. The van der Waals surface area contributed by atoms with E-state index in [0.717, 1.165) is 16.0 Å². The first kappa shape index (κ1) is 22.1. The molecule has 1 aliphatic heterocycles. The number of benzene rings is 3. The van der Waals surface area contributed by atoms with E-state index in [1.807, 2.05) is 38.1 Å². The van der Waals surface area contributed by atoms with Crippen LogP contribution in [0.2, 0.25) is 0 Å². The highest BCUT2D eigenvalue weighted by atomic mass is 16.5. The van der Waals surface area contributed by atoms with Gasteiger partial charge < -0.3 is 4.74 Å². The lowest BCUT2D eigenvalue weighted by Gasteiger charge is -2.24. The van der Waals surface area contributed by atoms with Crippen LogP contribution in [0.3, 0.4) is 0 Å². The highest BCUT2D eigenvalue weighted by Gasteiger charge is 2.42. The largest absolute Gasteiger partial charge is 0.447 e. The van der Waals surface area contributed by atoms with Crippen molar-refractivity contribution in [3.05, 3.63) is 106 Å². The molecule has 1 heterocycles. The number of aryl methyl sites for hydroxylation is 2. The van der Waals surface area contributed by atoms with Crippen molar-refractivity contribution in [1.29, 1.82) is 0 Å². The van der Waals surface area contributed by atoms with Gasteiger partial charge in [0.15, 0.2) is 6.10 Å². The first-order valence-corrected chi connectivity index (χ1v) is 10.6. The first-order valence-electron chi connectivity index (χ1n) is 10.6. The van der Waals surface area contributed by atoms with Gasteiger partial charge in [0.25, 0.3) is 11.8 Å². The van der Waals surface area contributed by atoms with Crippen LogP contribution in [-0.2, 0) is 9.53 Å². The maximum absolute atomic E-state index is 13.3. The molecule has 3 aromatic carbocycles. The predicted molar refractivity (Wildman–Crippen MR) is 122 cm³/mol. The lowest BCUT2D eigenvalue weighted by molar-refractivity contribution is -0.151. The first-order chi connectivity index (χ1) is 15.8. The summed E-state index contributed by atoms with van der Waals surface area (Å²) < 4.78 is 5.66. The zero-order valence-corrected chi connectivity index (χ0v) is 18.6. The predicted octanol–water partition coefficient (Wildman–Crippen LogP) is 4.46. The molecule has 1 aliphatic rings. The summed E-state index contributed by atoms with van der Waals surface area (Å²) >= 11 is 0. The molecule has 0 bridgehead atoms. The van der Waals surface area contributed by atoms with Crippen LogP contribution in [0, 0.1) is 13.8 Å². The number of carbonyl (C=O) groups excluding carboxylic acids is 4. The Morgan fingerprint density at radius 2 is 1.24 bits per heavy atom. The topological polar surface area (TPSA) is 80.8 Å². The summed E-state index contributed by atoms with van der Waals surface area (Å²) in [4.78, 5) is 52.8. The Hall–Kier alpha value is -4.06. The van der Waals surface area contributed by atoms with Gasteiger partial charge in [-0.25, -0.2) is 4.79 Å². The van der Waals surface area contributed by atoms with Crippen LogP contribution < -0.4 is 0 Å². The maximum Gasteiger partial charge on any atom is 0.330 e. The van der Waals surface area contributed by atoms with E-state index in [1.54, 1.807) is 48.5 Å². The van der Waals surface area contributed by atoms with E-state index in [2.05, 4.69) is 0 Å². The number of carbonyl (C=O) groups is 4. The molecular formula is C27H23NO5. The Balaban J connectivity index is 1.62. The Kier molecular flexibility index (Phi) is 5.92. The molecule has 0 fully saturated rings. The molecule has 0 N–H and O–H groups in total. The van der Waals surface area contributed by atoms with Crippen LogP contribution in [0.15, 0.2) is 72.8 Å². The smallest absolute Gasteiger partial charge is 0.330 e. The van der Waals surface area contributed by atoms with Crippen molar-refractivity contribution in [3.8, 4) is 0 Å². The second-order valence-electron chi connectivity index (χ2n) is 8.16. The van der Waals surface area contributed by atoms with E-state index in [0.29, 0.717) is 11.1 Å². The van der Waals surface area contributed by atoms with E-state index in [-0.39, 0.29) is 16.9 Å². The van der Waals surface area contributed by atoms with Gasteiger partial charge >= 0.3 is 5.97 Å². The van der Waals surface area contributed by atoms with Crippen LogP contribution in [0.25, 0.3) is 0 Å². The Bertz CT molecular complexity index is 1210. The van der Waals surface area contributed by atoms with Crippen molar-refractivity contribution < 1.29 is 23.9 Å². The normalized spacial score (nSPS) is 14.6. The molecule has 4 rings (SSSR count). The average Bonchev–Trinajstić information content (AvgIpc) is 3.07. The Labute approximate surface area is 191 Å². The van der Waals surface area contributed by atoms with E-state index in [1.165, 1.54) is 6.92 Å².